The highest BCUT2D eigenvalue weighted by atomic mass is 15.2. The molecule has 1 aromatic heterocycles. The van der Waals surface area contributed by atoms with Gasteiger partial charge >= 0.3 is 0 Å². The largest absolute Gasteiger partial charge is 0.300 e. The maximum Gasteiger partial charge on any atom is 0.0524 e. The van der Waals surface area contributed by atoms with Crippen LogP contribution >= 0.6 is 0 Å². The van der Waals surface area contributed by atoms with Crippen LogP contribution in [0.5, 0.6) is 0 Å². The molecular weight excluding hydrogens is 174 g/mol. The molecule has 0 aromatic carbocycles. The molecule has 0 amide bonds. The van der Waals surface area contributed by atoms with Gasteiger partial charge in [-0.2, -0.15) is 5.10 Å². The molecule has 0 fully saturated rings. The first-order chi connectivity index (χ1) is 6.86. The van der Waals surface area contributed by atoms with Crippen LogP contribution in [0.1, 0.15) is 39.0 Å². The molecule has 14 heavy (non-hydrogen) atoms. The van der Waals surface area contributed by atoms with E-state index in [0.717, 1.165) is 19.5 Å². The third kappa shape index (κ3) is 3.50. The number of nitrogens with zero attached hydrogens (tertiary/aromatic N) is 2. The van der Waals surface area contributed by atoms with Crippen LogP contribution in [0.4, 0.5) is 0 Å². The summed E-state index contributed by atoms with van der Waals surface area (Å²) in [5, 5.41) is 6.98. The Labute approximate surface area is 87.5 Å². The Balaban J connectivity index is 0.000000379. The molecule has 2 rings (SSSR count). The Kier molecular flexibility index (Phi) is 7.11. The van der Waals surface area contributed by atoms with Gasteiger partial charge in [0.15, 0.2) is 0 Å². The first-order valence-electron chi connectivity index (χ1n) is 5.56. The highest BCUT2D eigenvalue weighted by molar-refractivity contribution is 5.18. The van der Waals surface area contributed by atoms with E-state index in [9.17, 15) is 0 Å². The van der Waals surface area contributed by atoms with Crippen LogP contribution in [0.15, 0.2) is 6.20 Å². The second kappa shape index (κ2) is 7.56. The van der Waals surface area contributed by atoms with Gasteiger partial charge in [0.25, 0.3) is 0 Å². The molecule has 1 aliphatic rings. The molecule has 0 saturated heterocycles. The lowest BCUT2D eigenvalue weighted by Gasteiger charge is -2.20. The fourth-order valence-electron chi connectivity index (χ4n) is 1.35. The number of rotatable bonds is 0. The summed E-state index contributed by atoms with van der Waals surface area (Å²) in [6.07, 6.45) is 3.07. The van der Waals surface area contributed by atoms with Crippen molar-refractivity contribution in [2.75, 3.05) is 13.6 Å². The van der Waals surface area contributed by atoms with E-state index in [1.807, 2.05) is 33.9 Å². The molecule has 0 bridgehead atoms. The zero-order chi connectivity index (χ0) is 11.0. The van der Waals surface area contributed by atoms with E-state index in [1.165, 1.54) is 11.3 Å². The number of hydrogen-bond donors (Lipinski definition) is 1. The van der Waals surface area contributed by atoms with E-state index in [2.05, 4.69) is 22.1 Å². The summed E-state index contributed by atoms with van der Waals surface area (Å²) in [5.74, 6) is 0. The number of aromatic amines is 1. The number of nitrogens with one attached hydrogen (secondary N) is 1. The van der Waals surface area contributed by atoms with Gasteiger partial charge in [0.05, 0.1) is 11.9 Å². The van der Waals surface area contributed by atoms with Gasteiger partial charge in [-0.05, 0) is 19.0 Å². The summed E-state index contributed by atoms with van der Waals surface area (Å²) in [4.78, 5) is 2.29. The second-order valence-corrected chi connectivity index (χ2v) is 2.86. The summed E-state index contributed by atoms with van der Waals surface area (Å²) in [5.41, 5.74) is 2.67. The van der Waals surface area contributed by atoms with E-state index in [4.69, 9.17) is 0 Å². The first-order valence-corrected chi connectivity index (χ1v) is 5.56. The molecule has 1 N–H and O–H groups in total. The van der Waals surface area contributed by atoms with Crippen LogP contribution in [0.3, 0.4) is 0 Å². The van der Waals surface area contributed by atoms with Crippen LogP contribution in [-0.2, 0) is 13.0 Å². The van der Waals surface area contributed by atoms with Gasteiger partial charge in [-0.15, -0.1) is 0 Å². The number of fused-ring (bicyclic) bond motifs is 1. The van der Waals surface area contributed by atoms with Crippen molar-refractivity contribution in [3.05, 3.63) is 17.5 Å². The van der Waals surface area contributed by atoms with Crippen molar-refractivity contribution in [2.45, 2.75) is 40.7 Å². The maximum atomic E-state index is 3.99. The normalized spacial score (nSPS) is 14.4. The highest BCUT2D eigenvalue weighted by Crippen LogP contribution is 2.13. The summed E-state index contributed by atoms with van der Waals surface area (Å²) in [6, 6.07) is 0. The molecule has 0 atom stereocenters. The Morgan fingerprint density at radius 3 is 2.57 bits per heavy atom. The molecule has 3 heteroatoms. The first kappa shape index (κ1) is 13.2. The molecular formula is C11H23N3. The third-order valence-corrected chi connectivity index (χ3v) is 2.00. The van der Waals surface area contributed by atoms with Crippen molar-refractivity contribution < 1.29 is 0 Å². The molecule has 1 aromatic rings. The van der Waals surface area contributed by atoms with Gasteiger partial charge in [0.1, 0.15) is 0 Å². The molecule has 1 aliphatic heterocycles. The zero-order valence-corrected chi connectivity index (χ0v) is 10.1. The lowest BCUT2D eigenvalue weighted by molar-refractivity contribution is 0.309. The van der Waals surface area contributed by atoms with E-state index in [0.29, 0.717) is 0 Å². The van der Waals surface area contributed by atoms with Crippen molar-refractivity contribution in [2.24, 2.45) is 0 Å². The van der Waals surface area contributed by atoms with Gasteiger partial charge in [0.2, 0.25) is 0 Å². The molecule has 0 radical (unpaired) electrons. The predicted molar refractivity (Wildman–Crippen MR) is 61.3 cm³/mol. The molecule has 3 nitrogen and oxygen atoms in total. The van der Waals surface area contributed by atoms with Crippen molar-refractivity contribution >= 4 is 0 Å². The summed E-state index contributed by atoms with van der Waals surface area (Å²) >= 11 is 0. The lowest BCUT2D eigenvalue weighted by atomic mass is 10.1. The van der Waals surface area contributed by atoms with Gasteiger partial charge in [0, 0.05) is 13.1 Å². The van der Waals surface area contributed by atoms with Crippen molar-refractivity contribution in [3.63, 3.8) is 0 Å². The number of likely N-dealkylation sites (N-methyl/N-ethyl adjacent to an activating group) is 1. The zero-order valence-electron chi connectivity index (χ0n) is 10.1. The van der Waals surface area contributed by atoms with Gasteiger partial charge in [-0.25, -0.2) is 0 Å². The lowest BCUT2D eigenvalue weighted by Crippen LogP contribution is -2.25. The molecule has 0 unspecified atom stereocenters. The average molecular weight is 197 g/mol. The van der Waals surface area contributed by atoms with Crippen LogP contribution in [0.25, 0.3) is 0 Å². The van der Waals surface area contributed by atoms with E-state index in [-0.39, 0.29) is 0 Å². The molecule has 2 heterocycles. The molecule has 0 saturated carbocycles. The molecule has 0 aliphatic carbocycles. The Hall–Kier alpha value is -0.830. The van der Waals surface area contributed by atoms with E-state index < -0.39 is 0 Å². The molecule has 0 spiro atoms. The topological polar surface area (TPSA) is 31.9 Å². The van der Waals surface area contributed by atoms with Crippen molar-refractivity contribution in [1.29, 1.82) is 0 Å². The van der Waals surface area contributed by atoms with Gasteiger partial charge in [-0.3, -0.25) is 5.10 Å². The molecule has 82 valence electrons. The SMILES string of the molecule is CC.CC.CN1CCc2cn[nH]c2C1. The summed E-state index contributed by atoms with van der Waals surface area (Å²) in [7, 11) is 2.13. The predicted octanol–water partition coefficient (Wildman–Crippen LogP) is 2.45. The monoisotopic (exact) mass is 197 g/mol. The van der Waals surface area contributed by atoms with Gasteiger partial charge < -0.3 is 4.90 Å². The Bertz CT molecular complexity index is 230. The minimum absolute atomic E-state index is 1.02. The smallest absolute Gasteiger partial charge is 0.0524 e. The maximum absolute atomic E-state index is 3.99. The number of H-pyrrole nitrogens is 1. The quantitative estimate of drug-likeness (QED) is 0.693. The standard InChI is InChI=1S/C7H11N3.2C2H6/c1-10-3-2-6-4-8-9-7(6)5-10;2*1-2/h4H,2-3,5H2,1H3,(H,8,9);2*1-2H3. The fraction of sp³-hybridized carbons (Fsp3) is 0.727. The average Bonchev–Trinajstić information content (AvgIpc) is 2.71. The van der Waals surface area contributed by atoms with E-state index in [1.54, 1.807) is 0 Å². The minimum atomic E-state index is 1.02. The summed E-state index contributed by atoms with van der Waals surface area (Å²) in [6.45, 7) is 10.2. The number of hydrogen-bond acceptors (Lipinski definition) is 2. The van der Waals surface area contributed by atoms with Crippen LogP contribution in [0, 0.1) is 0 Å². The van der Waals surface area contributed by atoms with Crippen LogP contribution in [-0.4, -0.2) is 28.7 Å². The summed E-state index contributed by atoms with van der Waals surface area (Å²) < 4.78 is 0. The van der Waals surface area contributed by atoms with E-state index >= 15 is 0 Å². The highest BCUT2D eigenvalue weighted by Gasteiger charge is 2.13. The number of aromatic nitrogens is 2. The van der Waals surface area contributed by atoms with Crippen LogP contribution in [0.2, 0.25) is 0 Å². The Morgan fingerprint density at radius 1 is 1.29 bits per heavy atom. The van der Waals surface area contributed by atoms with Gasteiger partial charge in [-0.1, -0.05) is 27.7 Å². The van der Waals surface area contributed by atoms with Crippen molar-refractivity contribution in [3.8, 4) is 0 Å². The van der Waals surface area contributed by atoms with Crippen molar-refractivity contribution in [1.82, 2.24) is 15.1 Å². The minimum Gasteiger partial charge on any atom is -0.300 e. The van der Waals surface area contributed by atoms with Crippen LogP contribution < -0.4 is 0 Å². The third-order valence-electron chi connectivity index (χ3n) is 2.00. The fourth-order valence-corrected chi connectivity index (χ4v) is 1.35. The Morgan fingerprint density at radius 2 is 1.93 bits per heavy atom. The second-order valence-electron chi connectivity index (χ2n) is 2.86.